The second-order valence-electron chi connectivity index (χ2n) is 6.31. The van der Waals surface area contributed by atoms with Crippen molar-refractivity contribution < 1.29 is 14.6 Å². The first-order valence-electron chi connectivity index (χ1n) is 8.62. The number of nitrogens with one attached hydrogen (secondary N) is 1. The number of aliphatic hydroxyl groups excluding tert-OH is 1. The molecule has 2 aromatic rings. The number of nitrogens with zero attached hydrogens (tertiary/aromatic N) is 1. The van der Waals surface area contributed by atoms with E-state index in [2.05, 4.69) is 5.32 Å². The van der Waals surface area contributed by atoms with E-state index in [4.69, 9.17) is 4.74 Å². The highest BCUT2D eigenvalue weighted by atomic mass is 16.5. The molecule has 0 aliphatic carbocycles. The van der Waals surface area contributed by atoms with Crippen molar-refractivity contribution in [3.63, 3.8) is 0 Å². The van der Waals surface area contributed by atoms with Gasteiger partial charge in [0.05, 0.1) is 13.2 Å². The number of urea groups is 1. The fraction of sp³-hybridized carbons (Fsp3) is 0.350. The van der Waals surface area contributed by atoms with Gasteiger partial charge in [-0.3, -0.25) is 0 Å². The van der Waals surface area contributed by atoms with Gasteiger partial charge < -0.3 is 20.1 Å². The molecule has 3 rings (SSSR count). The standard InChI is InChI=1S/C20H24N2O3/c1-25-18-11-5-9-16(13-18)21-20(24)22-12-6-10-17(22)14-19(23)15-7-3-2-4-8-15/h2-5,7-9,11,13,17,19,23H,6,10,12,14H2,1H3,(H,21,24)/t17-,19-/m1/s1. The van der Waals surface area contributed by atoms with Gasteiger partial charge in [-0.15, -0.1) is 0 Å². The lowest BCUT2D eigenvalue weighted by molar-refractivity contribution is 0.130. The molecule has 1 saturated heterocycles. The average molecular weight is 340 g/mol. The second kappa shape index (κ2) is 8.03. The summed E-state index contributed by atoms with van der Waals surface area (Å²) in [5.41, 5.74) is 1.60. The Kier molecular flexibility index (Phi) is 5.56. The van der Waals surface area contributed by atoms with Crippen LogP contribution in [0.1, 0.15) is 30.9 Å². The summed E-state index contributed by atoms with van der Waals surface area (Å²) in [7, 11) is 1.60. The lowest BCUT2D eigenvalue weighted by atomic mass is 10.0. The summed E-state index contributed by atoms with van der Waals surface area (Å²) in [4.78, 5) is 14.5. The molecule has 0 aromatic heterocycles. The van der Waals surface area contributed by atoms with E-state index in [9.17, 15) is 9.90 Å². The van der Waals surface area contributed by atoms with Gasteiger partial charge >= 0.3 is 6.03 Å². The minimum Gasteiger partial charge on any atom is -0.497 e. The van der Waals surface area contributed by atoms with Crippen LogP contribution in [0, 0.1) is 0 Å². The Morgan fingerprint density at radius 3 is 2.84 bits per heavy atom. The van der Waals surface area contributed by atoms with Crippen molar-refractivity contribution in [2.45, 2.75) is 31.4 Å². The van der Waals surface area contributed by atoms with Crippen molar-refractivity contribution in [3.8, 4) is 5.75 Å². The summed E-state index contributed by atoms with van der Waals surface area (Å²) in [6, 6.07) is 16.8. The second-order valence-corrected chi connectivity index (χ2v) is 6.31. The molecule has 2 N–H and O–H groups in total. The van der Waals surface area contributed by atoms with Crippen molar-refractivity contribution in [1.82, 2.24) is 4.90 Å². The summed E-state index contributed by atoms with van der Waals surface area (Å²) < 4.78 is 5.19. The number of hydrogen-bond acceptors (Lipinski definition) is 3. The number of likely N-dealkylation sites (tertiary alicyclic amines) is 1. The van der Waals surface area contributed by atoms with Crippen LogP contribution in [-0.4, -0.2) is 35.7 Å². The van der Waals surface area contributed by atoms with Gasteiger partial charge in [-0.05, 0) is 37.0 Å². The van der Waals surface area contributed by atoms with Crippen molar-refractivity contribution in [2.75, 3.05) is 19.0 Å². The third-order valence-electron chi connectivity index (χ3n) is 4.64. The van der Waals surface area contributed by atoms with E-state index in [1.54, 1.807) is 13.2 Å². The molecule has 0 bridgehead atoms. The Morgan fingerprint density at radius 2 is 2.08 bits per heavy atom. The zero-order chi connectivity index (χ0) is 17.6. The molecule has 2 aromatic carbocycles. The lowest BCUT2D eigenvalue weighted by Gasteiger charge is -2.27. The normalized spacial score (nSPS) is 18.0. The van der Waals surface area contributed by atoms with Crippen LogP contribution in [0.4, 0.5) is 10.5 Å². The molecule has 2 atom stereocenters. The van der Waals surface area contributed by atoms with E-state index >= 15 is 0 Å². The van der Waals surface area contributed by atoms with Crippen molar-refractivity contribution in [3.05, 3.63) is 60.2 Å². The largest absolute Gasteiger partial charge is 0.497 e. The fourth-order valence-electron chi connectivity index (χ4n) is 3.31. The van der Waals surface area contributed by atoms with Crippen LogP contribution in [-0.2, 0) is 0 Å². The Bertz CT molecular complexity index is 705. The zero-order valence-corrected chi connectivity index (χ0v) is 14.4. The van der Waals surface area contributed by atoms with Crippen molar-refractivity contribution >= 4 is 11.7 Å². The van der Waals surface area contributed by atoms with Crippen molar-refractivity contribution in [1.29, 1.82) is 0 Å². The lowest BCUT2D eigenvalue weighted by Crippen LogP contribution is -2.39. The molecule has 25 heavy (non-hydrogen) atoms. The third-order valence-corrected chi connectivity index (χ3v) is 4.64. The van der Waals surface area contributed by atoms with Gasteiger partial charge in [0.15, 0.2) is 0 Å². The van der Waals surface area contributed by atoms with Gasteiger partial charge in [-0.1, -0.05) is 36.4 Å². The van der Waals surface area contributed by atoms with Crippen LogP contribution < -0.4 is 10.1 Å². The van der Waals surface area contributed by atoms with E-state index in [0.29, 0.717) is 24.4 Å². The summed E-state index contributed by atoms with van der Waals surface area (Å²) in [6.07, 6.45) is 1.86. The summed E-state index contributed by atoms with van der Waals surface area (Å²) >= 11 is 0. The van der Waals surface area contributed by atoms with Gasteiger partial charge in [0.25, 0.3) is 0 Å². The van der Waals surface area contributed by atoms with Crippen LogP contribution in [0.2, 0.25) is 0 Å². The summed E-state index contributed by atoms with van der Waals surface area (Å²) in [5.74, 6) is 0.704. The first-order chi connectivity index (χ1) is 12.2. The van der Waals surface area contributed by atoms with Crippen LogP contribution in [0.15, 0.2) is 54.6 Å². The monoisotopic (exact) mass is 340 g/mol. The predicted octanol–water partition coefficient (Wildman–Crippen LogP) is 3.82. The maximum atomic E-state index is 12.6. The maximum Gasteiger partial charge on any atom is 0.322 e. The highest BCUT2D eigenvalue weighted by molar-refractivity contribution is 5.89. The molecule has 0 spiro atoms. The average Bonchev–Trinajstić information content (AvgIpc) is 3.11. The van der Waals surface area contributed by atoms with Gasteiger partial charge in [0, 0.05) is 24.3 Å². The number of ether oxygens (including phenoxy) is 1. The van der Waals surface area contributed by atoms with Gasteiger partial charge in [0.2, 0.25) is 0 Å². The maximum absolute atomic E-state index is 12.6. The van der Waals surface area contributed by atoms with E-state index in [1.807, 2.05) is 53.4 Å². The number of carbonyl (C=O) groups is 1. The Labute approximate surface area is 148 Å². The minimum absolute atomic E-state index is 0.0424. The highest BCUT2D eigenvalue weighted by Crippen LogP contribution is 2.28. The number of carbonyl (C=O) groups excluding carboxylic acids is 1. The van der Waals surface area contributed by atoms with Gasteiger partial charge in [-0.25, -0.2) is 4.79 Å². The van der Waals surface area contributed by atoms with E-state index < -0.39 is 6.10 Å². The van der Waals surface area contributed by atoms with Crippen LogP contribution in [0.25, 0.3) is 0 Å². The van der Waals surface area contributed by atoms with Crippen LogP contribution >= 0.6 is 0 Å². The first kappa shape index (κ1) is 17.3. The Hall–Kier alpha value is -2.53. The molecule has 2 amide bonds. The minimum atomic E-state index is -0.559. The first-order valence-corrected chi connectivity index (χ1v) is 8.62. The van der Waals surface area contributed by atoms with Crippen LogP contribution in [0.5, 0.6) is 5.75 Å². The van der Waals surface area contributed by atoms with Crippen molar-refractivity contribution in [2.24, 2.45) is 0 Å². The molecule has 0 saturated carbocycles. The van der Waals surface area contributed by atoms with Crippen LogP contribution in [0.3, 0.4) is 0 Å². The fourth-order valence-corrected chi connectivity index (χ4v) is 3.31. The molecule has 1 fully saturated rings. The topological polar surface area (TPSA) is 61.8 Å². The number of anilines is 1. The molecule has 5 nitrogen and oxygen atoms in total. The predicted molar refractivity (Wildman–Crippen MR) is 97.8 cm³/mol. The number of amides is 2. The number of hydrogen-bond donors (Lipinski definition) is 2. The molecule has 0 radical (unpaired) electrons. The molecular formula is C20H24N2O3. The Morgan fingerprint density at radius 1 is 1.28 bits per heavy atom. The molecule has 1 aliphatic heterocycles. The van der Waals surface area contributed by atoms with E-state index in [1.165, 1.54) is 0 Å². The number of methoxy groups -OCH3 is 1. The number of rotatable bonds is 5. The summed E-state index contributed by atoms with van der Waals surface area (Å²) in [6.45, 7) is 0.710. The van der Waals surface area contributed by atoms with Gasteiger partial charge in [0.1, 0.15) is 5.75 Å². The quantitative estimate of drug-likeness (QED) is 0.870. The third kappa shape index (κ3) is 4.31. The number of aliphatic hydroxyl groups is 1. The Balaban J connectivity index is 1.63. The smallest absolute Gasteiger partial charge is 0.322 e. The number of benzene rings is 2. The highest BCUT2D eigenvalue weighted by Gasteiger charge is 2.30. The zero-order valence-electron chi connectivity index (χ0n) is 14.4. The SMILES string of the molecule is COc1cccc(NC(=O)N2CCC[C@@H]2C[C@@H](O)c2ccccc2)c1. The van der Waals surface area contributed by atoms with Gasteiger partial charge in [-0.2, -0.15) is 0 Å². The summed E-state index contributed by atoms with van der Waals surface area (Å²) in [5, 5.41) is 13.4. The molecule has 0 unspecified atom stereocenters. The van der Waals surface area contributed by atoms with E-state index in [-0.39, 0.29) is 12.1 Å². The van der Waals surface area contributed by atoms with E-state index in [0.717, 1.165) is 18.4 Å². The molecule has 1 heterocycles. The molecular weight excluding hydrogens is 316 g/mol. The molecule has 5 heteroatoms. The molecule has 1 aliphatic rings. The molecule has 132 valence electrons.